The van der Waals surface area contributed by atoms with Gasteiger partial charge in [0.25, 0.3) is 0 Å². The SMILES string of the molecule is COc1cnc(N2C(=O)CCC2=O)c2cn[nH]c12. The van der Waals surface area contributed by atoms with Crippen LogP contribution in [0.15, 0.2) is 12.4 Å². The molecular weight excluding hydrogens is 236 g/mol. The molecule has 0 bridgehead atoms. The van der Waals surface area contributed by atoms with Crippen LogP contribution in [-0.2, 0) is 9.59 Å². The Labute approximate surface area is 102 Å². The number of carbonyl (C=O) groups is 2. The highest BCUT2D eigenvalue weighted by atomic mass is 16.5. The molecule has 1 aliphatic heterocycles. The van der Waals surface area contributed by atoms with E-state index < -0.39 is 0 Å². The Hall–Kier alpha value is -2.44. The zero-order valence-corrected chi connectivity index (χ0v) is 9.64. The Balaban J connectivity index is 2.21. The van der Waals surface area contributed by atoms with Gasteiger partial charge in [-0.05, 0) is 0 Å². The Morgan fingerprint density at radius 1 is 1.28 bits per heavy atom. The first-order chi connectivity index (χ1) is 8.72. The fraction of sp³-hybridized carbons (Fsp3) is 0.273. The minimum Gasteiger partial charge on any atom is -0.493 e. The second-order valence-corrected chi connectivity index (χ2v) is 3.93. The summed E-state index contributed by atoms with van der Waals surface area (Å²) < 4.78 is 5.13. The summed E-state index contributed by atoms with van der Waals surface area (Å²) in [7, 11) is 1.52. The number of amides is 2. The molecule has 7 heteroatoms. The highest BCUT2D eigenvalue weighted by Crippen LogP contribution is 2.31. The number of hydrogen-bond donors (Lipinski definition) is 1. The molecule has 1 saturated heterocycles. The van der Waals surface area contributed by atoms with E-state index in [1.54, 1.807) is 0 Å². The number of imide groups is 1. The van der Waals surface area contributed by atoms with Crippen LogP contribution in [0, 0.1) is 0 Å². The average Bonchev–Trinajstić information content (AvgIpc) is 2.96. The van der Waals surface area contributed by atoms with Crippen LogP contribution in [0.5, 0.6) is 5.75 Å². The number of carbonyl (C=O) groups excluding carboxylic acids is 2. The molecule has 1 N–H and O–H groups in total. The molecule has 2 amide bonds. The summed E-state index contributed by atoms with van der Waals surface area (Å²) >= 11 is 0. The maximum Gasteiger partial charge on any atom is 0.235 e. The van der Waals surface area contributed by atoms with Gasteiger partial charge in [-0.3, -0.25) is 14.7 Å². The van der Waals surface area contributed by atoms with E-state index in [2.05, 4.69) is 15.2 Å². The van der Waals surface area contributed by atoms with E-state index in [0.717, 1.165) is 4.90 Å². The van der Waals surface area contributed by atoms with E-state index in [0.29, 0.717) is 22.5 Å². The third-order valence-corrected chi connectivity index (χ3v) is 2.91. The number of hydrogen-bond acceptors (Lipinski definition) is 5. The molecule has 0 spiro atoms. The summed E-state index contributed by atoms with van der Waals surface area (Å²) in [5.41, 5.74) is 0.620. The predicted molar refractivity (Wildman–Crippen MR) is 62.2 cm³/mol. The number of aromatic nitrogens is 3. The van der Waals surface area contributed by atoms with E-state index in [1.807, 2.05) is 0 Å². The molecular formula is C11H10N4O3. The first-order valence-corrected chi connectivity index (χ1v) is 5.44. The summed E-state index contributed by atoms with van der Waals surface area (Å²) in [6.07, 6.45) is 3.45. The number of ether oxygens (including phenoxy) is 1. The zero-order valence-electron chi connectivity index (χ0n) is 9.64. The zero-order chi connectivity index (χ0) is 12.7. The van der Waals surface area contributed by atoms with Crippen molar-refractivity contribution in [2.45, 2.75) is 12.8 Å². The smallest absolute Gasteiger partial charge is 0.235 e. The Kier molecular flexibility index (Phi) is 2.26. The fourth-order valence-corrected chi connectivity index (χ4v) is 2.04. The number of aromatic amines is 1. The lowest BCUT2D eigenvalue weighted by molar-refractivity contribution is -0.121. The predicted octanol–water partition coefficient (Wildman–Crippen LogP) is 0.620. The van der Waals surface area contributed by atoms with Crippen molar-refractivity contribution in [2.75, 3.05) is 12.0 Å². The van der Waals surface area contributed by atoms with Gasteiger partial charge >= 0.3 is 0 Å². The third kappa shape index (κ3) is 1.37. The van der Waals surface area contributed by atoms with E-state index in [4.69, 9.17) is 4.74 Å². The molecule has 7 nitrogen and oxygen atoms in total. The van der Waals surface area contributed by atoms with E-state index in [9.17, 15) is 9.59 Å². The molecule has 1 fully saturated rings. The molecule has 0 saturated carbocycles. The molecule has 2 aromatic heterocycles. The van der Waals surface area contributed by atoms with Crippen LogP contribution < -0.4 is 9.64 Å². The summed E-state index contributed by atoms with van der Waals surface area (Å²) in [5, 5.41) is 7.26. The molecule has 1 aliphatic rings. The van der Waals surface area contributed by atoms with Gasteiger partial charge in [0.05, 0.1) is 24.9 Å². The molecule has 0 aromatic carbocycles. The van der Waals surface area contributed by atoms with E-state index in [-0.39, 0.29) is 24.7 Å². The molecule has 3 heterocycles. The van der Waals surface area contributed by atoms with Gasteiger partial charge < -0.3 is 4.74 Å². The lowest BCUT2D eigenvalue weighted by Gasteiger charge is -2.14. The molecule has 3 rings (SSSR count). The van der Waals surface area contributed by atoms with Gasteiger partial charge in [0.2, 0.25) is 11.8 Å². The number of anilines is 1. The highest BCUT2D eigenvalue weighted by molar-refractivity contribution is 6.22. The van der Waals surface area contributed by atoms with Crippen molar-refractivity contribution in [3.05, 3.63) is 12.4 Å². The van der Waals surface area contributed by atoms with Gasteiger partial charge in [-0.15, -0.1) is 0 Å². The first-order valence-electron chi connectivity index (χ1n) is 5.44. The normalized spacial score (nSPS) is 15.7. The van der Waals surface area contributed by atoms with E-state index in [1.165, 1.54) is 19.5 Å². The summed E-state index contributed by atoms with van der Waals surface area (Å²) in [4.78, 5) is 28.7. The number of pyridine rings is 1. The molecule has 2 aromatic rings. The summed E-state index contributed by atoms with van der Waals surface area (Å²) in [5.74, 6) is 0.359. The highest BCUT2D eigenvalue weighted by Gasteiger charge is 2.33. The molecule has 0 unspecified atom stereocenters. The number of H-pyrrole nitrogens is 1. The quantitative estimate of drug-likeness (QED) is 0.785. The van der Waals surface area contributed by atoms with Gasteiger partial charge in [0.1, 0.15) is 5.52 Å². The Bertz CT molecular complexity index is 633. The fourth-order valence-electron chi connectivity index (χ4n) is 2.04. The van der Waals surface area contributed by atoms with Crippen LogP contribution in [0.2, 0.25) is 0 Å². The van der Waals surface area contributed by atoms with Crippen molar-refractivity contribution < 1.29 is 14.3 Å². The van der Waals surface area contributed by atoms with Crippen molar-refractivity contribution in [2.24, 2.45) is 0 Å². The Morgan fingerprint density at radius 3 is 2.67 bits per heavy atom. The van der Waals surface area contributed by atoms with Crippen molar-refractivity contribution in [1.29, 1.82) is 0 Å². The van der Waals surface area contributed by atoms with E-state index >= 15 is 0 Å². The minimum absolute atomic E-state index is 0.228. The van der Waals surface area contributed by atoms with Gasteiger partial charge in [-0.25, -0.2) is 9.88 Å². The number of rotatable bonds is 2. The summed E-state index contributed by atoms with van der Waals surface area (Å²) in [6, 6.07) is 0. The summed E-state index contributed by atoms with van der Waals surface area (Å²) in [6.45, 7) is 0. The number of nitrogens with one attached hydrogen (secondary N) is 1. The van der Waals surface area contributed by atoms with Crippen LogP contribution in [0.3, 0.4) is 0 Å². The monoisotopic (exact) mass is 246 g/mol. The van der Waals surface area contributed by atoms with Gasteiger partial charge in [-0.1, -0.05) is 0 Å². The van der Waals surface area contributed by atoms with Gasteiger partial charge in [-0.2, -0.15) is 5.10 Å². The standard InChI is InChI=1S/C11H10N4O3/c1-18-7-5-12-11(6-4-13-14-10(6)7)15-8(16)2-3-9(15)17/h4-5H,2-3H2,1H3,(H,13,14). The third-order valence-electron chi connectivity index (χ3n) is 2.91. The maximum atomic E-state index is 11.7. The average molecular weight is 246 g/mol. The maximum absolute atomic E-state index is 11.7. The molecule has 18 heavy (non-hydrogen) atoms. The van der Waals surface area contributed by atoms with Gasteiger partial charge in [0, 0.05) is 12.8 Å². The number of fused-ring (bicyclic) bond motifs is 1. The molecule has 92 valence electrons. The van der Waals surface area contributed by atoms with Crippen LogP contribution >= 0.6 is 0 Å². The second kappa shape index (κ2) is 3.80. The van der Waals surface area contributed by atoms with Crippen LogP contribution in [-0.4, -0.2) is 34.1 Å². The molecule has 0 radical (unpaired) electrons. The molecule has 0 atom stereocenters. The van der Waals surface area contributed by atoms with Crippen molar-refractivity contribution in [1.82, 2.24) is 15.2 Å². The van der Waals surface area contributed by atoms with Crippen molar-refractivity contribution in [3.63, 3.8) is 0 Å². The lowest BCUT2D eigenvalue weighted by Crippen LogP contribution is -2.29. The van der Waals surface area contributed by atoms with Crippen molar-refractivity contribution in [3.8, 4) is 5.75 Å². The van der Waals surface area contributed by atoms with Crippen LogP contribution in [0.1, 0.15) is 12.8 Å². The number of methoxy groups -OCH3 is 1. The first kappa shape index (κ1) is 10.7. The Morgan fingerprint density at radius 2 is 2.00 bits per heavy atom. The van der Waals surface area contributed by atoms with Gasteiger partial charge in [0.15, 0.2) is 11.6 Å². The van der Waals surface area contributed by atoms with Crippen LogP contribution in [0.25, 0.3) is 10.9 Å². The second-order valence-electron chi connectivity index (χ2n) is 3.93. The van der Waals surface area contributed by atoms with Crippen LogP contribution in [0.4, 0.5) is 5.82 Å². The van der Waals surface area contributed by atoms with Crippen molar-refractivity contribution >= 4 is 28.5 Å². The minimum atomic E-state index is -0.236. The molecule has 0 aliphatic carbocycles. The number of nitrogens with zero attached hydrogens (tertiary/aromatic N) is 3. The largest absolute Gasteiger partial charge is 0.493 e. The lowest BCUT2D eigenvalue weighted by atomic mass is 10.3. The topological polar surface area (TPSA) is 88.2 Å².